The van der Waals surface area contributed by atoms with E-state index in [1.54, 1.807) is 57.7 Å². The Labute approximate surface area is 209 Å². The number of imidazole rings is 1. The molecule has 0 saturated heterocycles. The molecule has 2 N–H and O–H groups in total. The molecule has 0 spiro atoms. The first-order valence-corrected chi connectivity index (χ1v) is 11.6. The summed E-state index contributed by atoms with van der Waals surface area (Å²) < 4.78 is 22.0. The number of nitrogens with one attached hydrogen (secondary N) is 2. The van der Waals surface area contributed by atoms with E-state index in [2.05, 4.69) is 15.6 Å². The fraction of sp³-hybridized carbons (Fsp3) is 0.250. The van der Waals surface area contributed by atoms with Gasteiger partial charge in [0.1, 0.15) is 17.8 Å². The van der Waals surface area contributed by atoms with Crippen molar-refractivity contribution in [1.29, 1.82) is 0 Å². The molecule has 1 aliphatic rings. The van der Waals surface area contributed by atoms with E-state index in [0.29, 0.717) is 28.9 Å². The molecular weight excluding hydrogens is 459 g/mol. The van der Waals surface area contributed by atoms with Gasteiger partial charge in [-0.2, -0.15) is 0 Å². The number of amides is 2. The highest BCUT2D eigenvalue weighted by atomic mass is 19.1. The molecule has 0 bridgehead atoms. The molecule has 0 radical (unpaired) electrons. The molecule has 1 heterocycles. The van der Waals surface area contributed by atoms with Crippen LogP contribution in [-0.2, 0) is 4.74 Å². The zero-order chi connectivity index (χ0) is 26.0. The van der Waals surface area contributed by atoms with Gasteiger partial charge in [0.15, 0.2) is 0 Å². The highest BCUT2D eigenvalue weighted by Gasteiger charge is 2.33. The summed E-state index contributed by atoms with van der Waals surface area (Å²) in [5.74, 6) is -0.903. The van der Waals surface area contributed by atoms with Crippen LogP contribution in [0.25, 0.3) is 11.3 Å². The van der Waals surface area contributed by atoms with E-state index in [9.17, 15) is 14.0 Å². The van der Waals surface area contributed by atoms with Gasteiger partial charge in [0.05, 0.1) is 11.3 Å². The predicted molar refractivity (Wildman–Crippen MR) is 138 cm³/mol. The number of allylic oxidation sites excluding steroid dienone is 2. The second kappa shape index (κ2) is 9.91. The van der Waals surface area contributed by atoms with Gasteiger partial charge in [0.2, 0.25) is 0 Å². The van der Waals surface area contributed by atoms with Crippen molar-refractivity contribution in [2.45, 2.75) is 32.8 Å². The summed E-state index contributed by atoms with van der Waals surface area (Å²) in [5, 5.41) is 5.38. The van der Waals surface area contributed by atoms with Crippen LogP contribution < -0.4 is 10.6 Å². The summed E-state index contributed by atoms with van der Waals surface area (Å²) in [6, 6.07) is 11.7. The molecule has 1 unspecified atom stereocenters. The Bertz CT molecular complexity index is 1410. The minimum absolute atomic E-state index is 0.241. The number of aromatic nitrogens is 2. The zero-order valence-electron chi connectivity index (χ0n) is 21.0. The molecule has 1 aliphatic carbocycles. The number of methoxy groups -OCH3 is 1. The quantitative estimate of drug-likeness (QED) is 0.512. The Morgan fingerprint density at radius 2 is 1.89 bits per heavy atom. The summed E-state index contributed by atoms with van der Waals surface area (Å²) in [6.07, 6.45) is 6.13. The maximum Gasteiger partial charge on any atom is 0.276 e. The third kappa shape index (κ3) is 4.59. The Balaban J connectivity index is 1.66. The van der Waals surface area contributed by atoms with Gasteiger partial charge in [-0.25, -0.2) is 9.37 Å². The average Bonchev–Trinajstić information content (AvgIpc) is 3.27. The molecule has 3 aromatic rings. The van der Waals surface area contributed by atoms with Gasteiger partial charge in [-0.3, -0.25) is 9.59 Å². The van der Waals surface area contributed by atoms with Gasteiger partial charge in [0.25, 0.3) is 11.8 Å². The molecule has 1 aromatic heterocycles. The van der Waals surface area contributed by atoms with Crippen molar-refractivity contribution in [2.75, 3.05) is 19.5 Å². The average molecular weight is 489 g/mol. The Kier molecular flexibility index (Phi) is 6.90. The summed E-state index contributed by atoms with van der Waals surface area (Å²) >= 11 is 0. The van der Waals surface area contributed by atoms with Crippen LogP contribution in [0.4, 0.5) is 10.1 Å². The first kappa shape index (κ1) is 25.1. The summed E-state index contributed by atoms with van der Waals surface area (Å²) in [4.78, 5) is 29.3. The number of hydrogen-bond donors (Lipinski definition) is 2. The number of carbonyl (C=O) groups is 2. The lowest BCUT2D eigenvalue weighted by Crippen LogP contribution is -2.31. The number of halogens is 1. The lowest BCUT2D eigenvalue weighted by atomic mass is 9.81. The van der Waals surface area contributed by atoms with Gasteiger partial charge >= 0.3 is 0 Å². The van der Waals surface area contributed by atoms with Crippen molar-refractivity contribution in [3.8, 4) is 0 Å². The predicted octanol–water partition coefficient (Wildman–Crippen LogP) is 4.98. The van der Waals surface area contributed by atoms with Gasteiger partial charge < -0.3 is 19.9 Å². The van der Waals surface area contributed by atoms with Crippen molar-refractivity contribution < 1.29 is 18.7 Å². The first-order valence-electron chi connectivity index (χ1n) is 11.6. The van der Waals surface area contributed by atoms with Crippen molar-refractivity contribution in [2.24, 2.45) is 0 Å². The van der Waals surface area contributed by atoms with Crippen LogP contribution in [0.2, 0.25) is 0 Å². The van der Waals surface area contributed by atoms with Crippen molar-refractivity contribution in [1.82, 2.24) is 14.9 Å². The van der Waals surface area contributed by atoms with Crippen molar-refractivity contribution >= 4 is 28.8 Å². The van der Waals surface area contributed by atoms with Crippen LogP contribution in [0.1, 0.15) is 51.0 Å². The number of benzene rings is 2. The Morgan fingerprint density at radius 1 is 1.14 bits per heavy atom. The molecule has 0 fully saturated rings. The summed E-state index contributed by atoms with van der Waals surface area (Å²) in [6.45, 7) is 5.54. The van der Waals surface area contributed by atoms with Crippen molar-refractivity contribution in [3.63, 3.8) is 0 Å². The minimum atomic E-state index is -0.632. The van der Waals surface area contributed by atoms with E-state index >= 15 is 0 Å². The first-order chi connectivity index (χ1) is 17.2. The maximum absolute atomic E-state index is 14.4. The van der Waals surface area contributed by atoms with Crippen LogP contribution in [0, 0.1) is 19.7 Å². The number of anilines is 1. The fourth-order valence-corrected chi connectivity index (χ4v) is 4.36. The third-order valence-electron chi connectivity index (χ3n) is 6.68. The van der Waals surface area contributed by atoms with E-state index in [4.69, 9.17) is 4.74 Å². The van der Waals surface area contributed by atoms with Gasteiger partial charge in [0, 0.05) is 37.5 Å². The van der Waals surface area contributed by atoms with Gasteiger partial charge in [-0.1, -0.05) is 24.3 Å². The number of ether oxygens (including phenoxy) is 1. The molecule has 2 aromatic carbocycles. The van der Waals surface area contributed by atoms with E-state index in [1.165, 1.54) is 6.07 Å². The van der Waals surface area contributed by atoms with Crippen LogP contribution >= 0.6 is 0 Å². The molecule has 4 rings (SSSR count). The SMILES string of the molecule is CNC(=O)c1cccc(NC(=O)c2ncn(C3=CCC(C)(OC)C(c4cccc(F)c4C)=C3)c2C)c1. The molecule has 7 nitrogen and oxygen atoms in total. The molecule has 36 heavy (non-hydrogen) atoms. The molecular formula is C28H29FN4O3. The maximum atomic E-state index is 14.4. The summed E-state index contributed by atoms with van der Waals surface area (Å²) in [7, 11) is 3.19. The van der Waals surface area contributed by atoms with Gasteiger partial charge in [-0.05, 0) is 67.8 Å². The minimum Gasteiger partial charge on any atom is -0.373 e. The number of carbonyl (C=O) groups excluding carboxylic acids is 2. The second-order valence-corrected chi connectivity index (χ2v) is 8.90. The lowest BCUT2D eigenvalue weighted by molar-refractivity contribution is 0.0597. The molecule has 2 amide bonds. The van der Waals surface area contributed by atoms with E-state index < -0.39 is 5.60 Å². The van der Waals surface area contributed by atoms with Crippen LogP contribution in [0.15, 0.2) is 60.9 Å². The molecule has 0 saturated carbocycles. The largest absolute Gasteiger partial charge is 0.373 e. The highest BCUT2D eigenvalue weighted by Crippen LogP contribution is 2.40. The normalized spacial score (nSPS) is 17.3. The Morgan fingerprint density at radius 3 is 2.61 bits per heavy atom. The molecule has 1 atom stereocenters. The van der Waals surface area contributed by atoms with Crippen LogP contribution in [0.5, 0.6) is 0 Å². The number of nitrogens with zero attached hydrogens (tertiary/aromatic N) is 2. The van der Waals surface area contributed by atoms with Crippen LogP contribution in [0.3, 0.4) is 0 Å². The fourth-order valence-electron chi connectivity index (χ4n) is 4.36. The van der Waals surface area contributed by atoms with Crippen LogP contribution in [-0.4, -0.2) is 41.1 Å². The molecule has 186 valence electrons. The van der Waals surface area contributed by atoms with E-state index in [-0.39, 0.29) is 23.3 Å². The molecule has 8 heteroatoms. The number of rotatable bonds is 6. The van der Waals surface area contributed by atoms with Gasteiger partial charge in [-0.15, -0.1) is 0 Å². The lowest BCUT2D eigenvalue weighted by Gasteiger charge is -2.34. The second-order valence-electron chi connectivity index (χ2n) is 8.90. The van der Waals surface area contributed by atoms with E-state index in [0.717, 1.165) is 16.8 Å². The highest BCUT2D eigenvalue weighted by molar-refractivity contribution is 6.05. The third-order valence-corrected chi connectivity index (χ3v) is 6.68. The standard InChI is InChI=1S/C28H29FN4O3/c1-17-22(10-7-11-24(17)29)23-15-21(12-13-28(23,3)36-5)33-16-31-25(18(33)2)27(35)32-20-9-6-8-19(14-20)26(34)30-4/h6-12,14-16H,13H2,1-5H3,(H,30,34)(H,32,35). The van der Waals surface area contributed by atoms with Crippen molar-refractivity contribution in [3.05, 3.63) is 94.8 Å². The van der Waals surface area contributed by atoms with E-state index in [1.807, 2.05) is 36.6 Å². The topological polar surface area (TPSA) is 85.3 Å². The zero-order valence-corrected chi connectivity index (χ0v) is 21.0. The monoisotopic (exact) mass is 488 g/mol. The summed E-state index contributed by atoms with van der Waals surface area (Å²) in [5.41, 5.74) is 4.20. The number of hydrogen-bond acceptors (Lipinski definition) is 4. The molecule has 0 aliphatic heterocycles. The smallest absolute Gasteiger partial charge is 0.276 e. The Hall–Kier alpha value is -4.04.